The van der Waals surface area contributed by atoms with E-state index in [-0.39, 0.29) is 23.4 Å². The highest BCUT2D eigenvalue weighted by atomic mass is 35.5. The number of hydrogen-bond acceptors (Lipinski definition) is 3. The number of hydrogen-bond donors (Lipinski definition) is 1. The van der Waals surface area contributed by atoms with Crippen molar-refractivity contribution in [2.75, 3.05) is 5.73 Å². The van der Waals surface area contributed by atoms with E-state index in [1.165, 1.54) is 0 Å². The topological polar surface area (TPSA) is 51.8 Å². The van der Waals surface area contributed by atoms with Gasteiger partial charge < -0.3 is 5.73 Å². The Morgan fingerprint density at radius 1 is 1.60 bits per heavy atom. The monoisotopic (exact) mass is 179 g/mol. The van der Waals surface area contributed by atoms with Crippen molar-refractivity contribution in [3.8, 4) is 0 Å². The van der Waals surface area contributed by atoms with Gasteiger partial charge in [0, 0.05) is 0 Å². The molecule has 0 unspecified atom stereocenters. The van der Waals surface area contributed by atoms with Crippen molar-refractivity contribution in [1.29, 1.82) is 0 Å². The molecule has 0 aliphatic rings. The molecule has 0 aliphatic heterocycles. The van der Waals surface area contributed by atoms with Crippen LogP contribution in [0.25, 0.3) is 0 Å². The Bertz CT molecular complexity index is 226. The number of nitrogens with zero attached hydrogens (tertiary/aromatic N) is 2. The van der Waals surface area contributed by atoms with Crippen LogP contribution >= 0.6 is 24.0 Å². The van der Waals surface area contributed by atoms with Crippen LogP contribution in [0.4, 0.5) is 5.82 Å². The zero-order chi connectivity index (χ0) is 6.85. The number of aromatic nitrogens is 2. The molecule has 0 fully saturated rings. The summed E-state index contributed by atoms with van der Waals surface area (Å²) in [6.45, 7) is 1.80. The molecule has 3 nitrogen and oxygen atoms in total. The molecule has 0 saturated heterocycles. The first-order valence-corrected chi connectivity index (χ1v) is 2.82. The second-order valence-corrected chi connectivity index (χ2v) is 2.05. The summed E-state index contributed by atoms with van der Waals surface area (Å²) in [5, 5.41) is 0.273. The lowest BCUT2D eigenvalue weighted by Gasteiger charge is -1.94. The molecular weight excluding hydrogens is 173 g/mol. The van der Waals surface area contributed by atoms with Crippen LogP contribution in [-0.2, 0) is 0 Å². The van der Waals surface area contributed by atoms with E-state index in [9.17, 15) is 0 Å². The zero-order valence-electron chi connectivity index (χ0n) is 5.34. The van der Waals surface area contributed by atoms with Gasteiger partial charge in [0.1, 0.15) is 0 Å². The fraction of sp³-hybridized carbons (Fsp3) is 0.200. The van der Waals surface area contributed by atoms with Crippen LogP contribution in [0, 0.1) is 6.92 Å². The third kappa shape index (κ3) is 2.01. The molecule has 10 heavy (non-hydrogen) atoms. The fourth-order valence-electron chi connectivity index (χ4n) is 0.457. The van der Waals surface area contributed by atoms with Gasteiger partial charge in [0.25, 0.3) is 0 Å². The Hall–Kier alpha value is -0.540. The highest BCUT2D eigenvalue weighted by molar-refractivity contribution is 6.31. The van der Waals surface area contributed by atoms with Crippen LogP contribution in [0.1, 0.15) is 5.69 Å². The molecule has 0 saturated carbocycles. The molecule has 56 valence electrons. The standard InChI is InChI=1S/C5H6ClN3.ClH/c1-3-2-8-5(7)4(6)9-3;/h2H,1H3,(H2,7,8);1H. The van der Waals surface area contributed by atoms with Crippen molar-refractivity contribution in [3.05, 3.63) is 17.0 Å². The van der Waals surface area contributed by atoms with Crippen molar-refractivity contribution in [2.45, 2.75) is 6.92 Å². The van der Waals surface area contributed by atoms with Crippen LogP contribution in [-0.4, -0.2) is 9.97 Å². The Morgan fingerprint density at radius 2 is 2.20 bits per heavy atom. The van der Waals surface area contributed by atoms with Gasteiger partial charge in [-0.25, -0.2) is 9.97 Å². The molecule has 0 atom stereocenters. The predicted molar refractivity (Wildman–Crippen MR) is 43.4 cm³/mol. The highest BCUT2D eigenvalue weighted by Gasteiger charge is 1.95. The van der Waals surface area contributed by atoms with Gasteiger partial charge in [0.15, 0.2) is 11.0 Å². The summed E-state index contributed by atoms with van der Waals surface area (Å²) >= 11 is 5.52. The zero-order valence-corrected chi connectivity index (χ0v) is 6.91. The molecule has 0 aromatic carbocycles. The van der Waals surface area contributed by atoms with Crippen molar-refractivity contribution in [1.82, 2.24) is 9.97 Å². The Kier molecular flexibility index (Phi) is 3.39. The summed E-state index contributed by atoms with van der Waals surface area (Å²) in [5.74, 6) is 0.280. The SMILES string of the molecule is Cc1cnc(N)c(Cl)n1.Cl. The second-order valence-electron chi connectivity index (χ2n) is 1.69. The van der Waals surface area contributed by atoms with Crippen LogP contribution in [0.15, 0.2) is 6.20 Å². The Balaban J connectivity index is 0.000000810. The van der Waals surface area contributed by atoms with Crippen molar-refractivity contribution >= 4 is 29.8 Å². The first-order chi connectivity index (χ1) is 4.20. The lowest BCUT2D eigenvalue weighted by molar-refractivity contribution is 1.13. The first-order valence-electron chi connectivity index (χ1n) is 2.45. The summed E-state index contributed by atoms with van der Waals surface area (Å²) in [7, 11) is 0. The van der Waals surface area contributed by atoms with Gasteiger partial charge >= 0.3 is 0 Å². The second kappa shape index (κ2) is 3.58. The van der Waals surface area contributed by atoms with E-state index in [4.69, 9.17) is 17.3 Å². The van der Waals surface area contributed by atoms with E-state index >= 15 is 0 Å². The van der Waals surface area contributed by atoms with E-state index in [1.807, 2.05) is 0 Å². The van der Waals surface area contributed by atoms with Gasteiger partial charge in [-0.15, -0.1) is 12.4 Å². The van der Waals surface area contributed by atoms with Crippen molar-refractivity contribution in [3.63, 3.8) is 0 Å². The van der Waals surface area contributed by atoms with Gasteiger partial charge in [0.05, 0.1) is 11.9 Å². The molecule has 1 aromatic heterocycles. The van der Waals surface area contributed by atoms with Crippen LogP contribution in [0.2, 0.25) is 5.15 Å². The number of nitrogen functional groups attached to an aromatic ring is 1. The molecule has 0 spiro atoms. The first kappa shape index (κ1) is 9.46. The maximum absolute atomic E-state index is 5.52. The summed E-state index contributed by atoms with van der Waals surface area (Å²) in [6.07, 6.45) is 1.57. The van der Waals surface area contributed by atoms with Crippen LogP contribution in [0.3, 0.4) is 0 Å². The molecule has 0 amide bonds. The van der Waals surface area contributed by atoms with E-state index < -0.39 is 0 Å². The van der Waals surface area contributed by atoms with Crippen molar-refractivity contribution < 1.29 is 0 Å². The van der Waals surface area contributed by atoms with Gasteiger partial charge in [-0.05, 0) is 6.92 Å². The maximum atomic E-state index is 5.52. The number of nitrogens with two attached hydrogens (primary N) is 1. The Labute approximate surface area is 70.0 Å². The Morgan fingerprint density at radius 3 is 2.60 bits per heavy atom. The lowest BCUT2D eigenvalue weighted by Crippen LogP contribution is -1.94. The minimum Gasteiger partial charge on any atom is -0.381 e. The van der Waals surface area contributed by atoms with Crippen molar-refractivity contribution in [2.24, 2.45) is 0 Å². The average molecular weight is 180 g/mol. The number of aryl methyl sites for hydroxylation is 1. The third-order valence-electron chi connectivity index (χ3n) is 0.876. The molecule has 1 rings (SSSR count). The van der Waals surface area contributed by atoms with Gasteiger partial charge in [-0.1, -0.05) is 11.6 Å². The summed E-state index contributed by atoms with van der Waals surface area (Å²) < 4.78 is 0. The van der Waals surface area contributed by atoms with E-state index in [0.29, 0.717) is 0 Å². The highest BCUT2D eigenvalue weighted by Crippen LogP contribution is 2.10. The van der Waals surface area contributed by atoms with E-state index in [1.54, 1.807) is 13.1 Å². The molecular formula is C5H7Cl2N3. The molecule has 0 aliphatic carbocycles. The number of rotatable bonds is 0. The number of halogens is 2. The minimum absolute atomic E-state index is 0. The lowest BCUT2D eigenvalue weighted by atomic mass is 10.5. The molecule has 5 heteroatoms. The summed E-state index contributed by atoms with van der Waals surface area (Å²) in [6, 6.07) is 0. The van der Waals surface area contributed by atoms with Crippen LogP contribution in [0.5, 0.6) is 0 Å². The maximum Gasteiger partial charge on any atom is 0.171 e. The molecule has 2 N–H and O–H groups in total. The smallest absolute Gasteiger partial charge is 0.171 e. The van der Waals surface area contributed by atoms with E-state index in [2.05, 4.69) is 9.97 Å². The summed E-state index contributed by atoms with van der Waals surface area (Å²) in [4.78, 5) is 7.61. The van der Waals surface area contributed by atoms with Gasteiger partial charge in [-0.3, -0.25) is 0 Å². The quantitative estimate of drug-likeness (QED) is 0.657. The van der Waals surface area contributed by atoms with Gasteiger partial charge in [-0.2, -0.15) is 0 Å². The van der Waals surface area contributed by atoms with E-state index in [0.717, 1.165) is 5.69 Å². The average Bonchev–Trinajstić information content (AvgIpc) is 1.80. The largest absolute Gasteiger partial charge is 0.381 e. The van der Waals surface area contributed by atoms with Gasteiger partial charge in [0.2, 0.25) is 0 Å². The molecule has 0 radical (unpaired) electrons. The molecule has 1 aromatic rings. The molecule has 0 bridgehead atoms. The molecule has 1 heterocycles. The summed E-state index contributed by atoms with van der Waals surface area (Å²) in [5.41, 5.74) is 6.06. The third-order valence-corrected chi connectivity index (χ3v) is 1.15. The number of anilines is 1. The normalized spacial score (nSPS) is 8.60. The minimum atomic E-state index is 0. The fourth-order valence-corrected chi connectivity index (χ4v) is 0.639. The predicted octanol–water partition coefficient (Wildman–Crippen LogP) is 1.44. The van der Waals surface area contributed by atoms with Crippen LogP contribution < -0.4 is 5.73 Å².